The van der Waals surface area contributed by atoms with Crippen LogP contribution in [0.4, 0.5) is 10.1 Å². The van der Waals surface area contributed by atoms with Crippen molar-refractivity contribution in [2.75, 3.05) is 11.9 Å². The number of oxazole rings is 1. The number of halogens is 1. The molecule has 0 radical (unpaired) electrons. The van der Waals surface area contributed by atoms with Gasteiger partial charge in [-0.05, 0) is 31.2 Å². The summed E-state index contributed by atoms with van der Waals surface area (Å²) in [6.07, 6.45) is 3.36. The highest BCUT2D eigenvalue weighted by Gasteiger charge is 2.15. The van der Waals surface area contributed by atoms with Crippen molar-refractivity contribution in [2.24, 2.45) is 0 Å². The molecular formula is C21H20FN3O3. The third-order valence-corrected chi connectivity index (χ3v) is 4.35. The third kappa shape index (κ3) is 4.14. The lowest BCUT2D eigenvalue weighted by atomic mass is 10.1. The molecule has 0 fully saturated rings. The number of rotatable bonds is 6. The van der Waals surface area contributed by atoms with Gasteiger partial charge in [0.2, 0.25) is 11.8 Å². The van der Waals surface area contributed by atoms with E-state index >= 15 is 0 Å². The van der Waals surface area contributed by atoms with Crippen LogP contribution in [0.1, 0.15) is 35.4 Å². The Hall–Kier alpha value is -3.35. The number of aryl methyl sites for hydroxylation is 1. The van der Waals surface area contributed by atoms with Gasteiger partial charge in [-0.25, -0.2) is 9.37 Å². The molecule has 0 N–H and O–H groups in total. The van der Waals surface area contributed by atoms with Crippen molar-refractivity contribution >= 4 is 17.4 Å². The maximum Gasteiger partial charge on any atom is 0.226 e. The van der Waals surface area contributed by atoms with Gasteiger partial charge in [0.1, 0.15) is 11.6 Å². The van der Waals surface area contributed by atoms with Crippen molar-refractivity contribution < 1.29 is 18.4 Å². The Morgan fingerprint density at radius 2 is 1.93 bits per heavy atom. The van der Waals surface area contributed by atoms with E-state index in [-0.39, 0.29) is 23.8 Å². The minimum Gasteiger partial charge on any atom is -0.446 e. The fourth-order valence-electron chi connectivity index (χ4n) is 2.76. The van der Waals surface area contributed by atoms with Crippen LogP contribution in [0.2, 0.25) is 0 Å². The molecule has 0 spiro atoms. The second-order valence-electron chi connectivity index (χ2n) is 6.37. The lowest BCUT2D eigenvalue weighted by molar-refractivity contribution is -0.118. The highest BCUT2D eigenvalue weighted by atomic mass is 19.1. The van der Waals surface area contributed by atoms with E-state index in [9.17, 15) is 14.0 Å². The summed E-state index contributed by atoms with van der Waals surface area (Å²) < 4.78 is 19.8. The zero-order valence-corrected chi connectivity index (χ0v) is 15.9. The molecule has 0 unspecified atom stereocenters. The van der Waals surface area contributed by atoms with Crippen molar-refractivity contribution in [3.05, 3.63) is 65.8 Å². The smallest absolute Gasteiger partial charge is 0.226 e. The molecule has 2 aromatic heterocycles. The van der Waals surface area contributed by atoms with Gasteiger partial charge in [0.25, 0.3) is 0 Å². The van der Waals surface area contributed by atoms with E-state index in [0.29, 0.717) is 34.9 Å². The molecule has 144 valence electrons. The molecule has 0 saturated heterocycles. The summed E-state index contributed by atoms with van der Waals surface area (Å²) >= 11 is 0. The van der Waals surface area contributed by atoms with Crippen molar-refractivity contribution in [1.82, 2.24) is 9.97 Å². The summed E-state index contributed by atoms with van der Waals surface area (Å²) in [7, 11) is 1.54. The van der Waals surface area contributed by atoms with Gasteiger partial charge in [-0.1, -0.05) is 13.0 Å². The fraction of sp³-hybridized carbons (Fsp3) is 0.238. The number of carbonyl (C=O) groups excluding carboxylic acids is 2. The Morgan fingerprint density at radius 1 is 1.14 bits per heavy atom. The first kappa shape index (κ1) is 19.4. The molecule has 3 rings (SSSR count). The lowest BCUT2D eigenvalue weighted by Crippen LogP contribution is -2.25. The van der Waals surface area contributed by atoms with E-state index in [4.69, 9.17) is 4.42 Å². The zero-order valence-electron chi connectivity index (χ0n) is 15.9. The number of aromatic nitrogens is 2. The number of anilines is 1. The molecule has 28 heavy (non-hydrogen) atoms. The van der Waals surface area contributed by atoms with Gasteiger partial charge in [-0.2, -0.15) is 0 Å². The number of hydrogen-bond acceptors (Lipinski definition) is 5. The predicted octanol–water partition coefficient (Wildman–Crippen LogP) is 3.98. The Labute approximate surface area is 162 Å². The Morgan fingerprint density at radius 3 is 2.50 bits per heavy atom. The molecule has 0 aliphatic carbocycles. The van der Waals surface area contributed by atoms with Gasteiger partial charge < -0.3 is 9.32 Å². The second kappa shape index (κ2) is 8.12. The number of benzene rings is 1. The summed E-state index contributed by atoms with van der Waals surface area (Å²) in [5, 5.41) is 0. The molecule has 0 aliphatic heterocycles. The summed E-state index contributed by atoms with van der Waals surface area (Å²) in [4.78, 5) is 33.6. The summed E-state index contributed by atoms with van der Waals surface area (Å²) in [5.74, 6) is 0.155. The molecule has 1 aromatic carbocycles. The molecule has 0 bridgehead atoms. The molecule has 7 heteroatoms. The first-order valence-electron chi connectivity index (χ1n) is 8.86. The maximum absolute atomic E-state index is 14.4. The normalized spacial score (nSPS) is 10.7. The van der Waals surface area contributed by atoms with Crippen LogP contribution in [0, 0.1) is 12.7 Å². The largest absolute Gasteiger partial charge is 0.446 e. The van der Waals surface area contributed by atoms with Crippen LogP contribution in [0.5, 0.6) is 0 Å². The van der Waals surface area contributed by atoms with Crippen molar-refractivity contribution in [1.29, 1.82) is 0 Å². The van der Waals surface area contributed by atoms with Crippen LogP contribution in [0.3, 0.4) is 0 Å². The number of pyridine rings is 1. The number of ketones is 1. The number of nitrogens with zero attached hydrogens (tertiary/aromatic N) is 3. The number of hydrogen-bond donors (Lipinski definition) is 0. The summed E-state index contributed by atoms with van der Waals surface area (Å²) in [6.45, 7) is 3.48. The fourth-order valence-corrected chi connectivity index (χ4v) is 2.76. The Balaban J connectivity index is 1.77. The van der Waals surface area contributed by atoms with Gasteiger partial charge in [0.05, 0.1) is 24.0 Å². The van der Waals surface area contributed by atoms with Crippen LogP contribution < -0.4 is 4.90 Å². The van der Waals surface area contributed by atoms with Gasteiger partial charge in [0, 0.05) is 30.8 Å². The molecule has 0 aliphatic rings. The summed E-state index contributed by atoms with van der Waals surface area (Å²) in [5.41, 5.74) is 1.72. The quantitative estimate of drug-likeness (QED) is 0.604. The molecule has 1 amide bonds. The first-order chi connectivity index (χ1) is 13.4. The maximum atomic E-state index is 14.4. The molecule has 2 heterocycles. The van der Waals surface area contributed by atoms with Gasteiger partial charge in [-0.15, -0.1) is 0 Å². The van der Waals surface area contributed by atoms with E-state index in [1.54, 1.807) is 44.3 Å². The average Bonchev–Trinajstić information content (AvgIpc) is 3.11. The first-order valence-corrected chi connectivity index (χ1v) is 8.86. The van der Waals surface area contributed by atoms with Crippen LogP contribution in [0.25, 0.3) is 11.3 Å². The van der Waals surface area contributed by atoms with E-state index in [0.717, 1.165) is 0 Å². The number of carbonyl (C=O) groups is 2. The van der Waals surface area contributed by atoms with Crippen molar-refractivity contribution in [3.8, 4) is 11.3 Å². The predicted molar refractivity (Wildman–Crippen MR) is 103 cm³/mol. The molecular weight excluding hydrogens is 361 g/mol. The van der Waals surface area contributed by atoms with E-state index in [2.05, 4.69) is 9.97 Å². The van der Waals surface area contributed by atoms with Gasteiger partial charge in [0.15, 0.2) is 5.78 Å². The van der Waals surface area contributed by atoms with E-state index in [1.165, 1.54) is 24.2 Å². The van der Waals surface area contributed by atoms with Gasteiger partial charge in [-0.3, -0.25) is 14.6 Å². The molecule has 3 aromatic rings. The van der Waals surface area contributed by atoms with Crippen LogP contribution in [-0.2, 0) is 11.2 Å². The lowest BCUT2D eigenvalue weighted by Gasteiger charge is -2.17. The van der Waals surface area contributed by atoms with Gasteiger partial charge >= 0.3 is 0 Å². The molecule has 6 nitrogen and oxygen atoms in total. The van der Waals surface area contributed by atoms with E-state index < -0.39 is 5.82 Å². The number of amides is 1. The topological polar surface area (TPSA) is 76.3 Å². The Bertz CT molecular complexity index is 1010. The monoisotopic (exact) mass is 381 g/mol. The average molecular weight is 381 g/mol. The minimum atomic E-state index is -0.511. The zero-order chi connectivity index (χ0) is 20.3. The second-order valence-corrected chi connectivity index (χ2v) is 6.37. The van der Waals surface area contributed by atoms with Crippen LogP contribution in [0.15, 0.2) is 47.1 Å². The number of Topliss-reactive ketones (excluding diaryl/α,β-unsaturated/α-hetero) is 1. The SMILES string of the molecule is CCC(=O)N(C)c1ccc(-c2ccc(C(=O)Cc3ncc(C)o3)cn2)cc1F. The highest BCUT2D eigenvalue weighted by molar-refractivity contribution is 5.97. The minimum absolute atomic E-state index is 0.0516. The third-order valence-electron chi connectivity index (χ3n) is 4.35. The van der Waals surface area contributed by atoms with Crippen LogP contribution >= 0.6 is 0 Å². The van der Waals surface area contributed by atoms with Crippen molar-refractivity contribution in [3.63, 3.8) is 0 Å². The molecule has 0 atom stereocenters. The van der Waals surface area contributed by atoms with Crippen LogP contribution in [-0.4, -0.2) is 28.7 Å². The molecule has 0 saturated carbocycles. The highest BCUT2D eigenvalue weighted by Crippen LogP contribution is 2.25. The van der Waals surface area contributed by atoms with Crippen molar-refractivity contribution in [2.45, 2.75) is 26.7 Å². The standard InChI is InChI=1S/C21H20FN3O3/c1-4-21(27)25(3)18-8-6-14(9-16(18)22)17-7-5-15(12-23-17)19(26)10-20-24-11-13(2)28-20/h5-9,11-12H,4,10H2,1-3H3. The summed E-state index contributed by atoms with van der Waals surface area (Å²) in [6, 6.07) is 7.86. The Kier molecular flexibility index (Phi) is 5.63. The van der Waals surface area contributed by atoms with E-state index in [1.807, 2.05) is 0 Å².